The highest BCUT2D eigenvalue weighted by Crippen LogP contribution is 2.22. The minimum atomic E-state index is -0.283. The van der Waals surface area contributed by atoms with Crippen molar-refractivity contribution < 1.29 is 14.3 Å². The van der Waals surface area contributed by atoms with Gasteiger partial charge >= 0.3 is 6.09 Å². The van der Waals surface area contributed by atoms with E-state index in [1.54, 1.807) is 4.90 Å². The zero-order chi connectivity index (χ0) is 13.8. The first-order chi connectivity index (χ1) is 9.84. The number of amides is 1. The fraction of sp³-hybridized carbons (Fsp3) is 0.467. The molecule has 1 aromatic rings. The highest BCUT2D eigenvalue weighted by molar-refractivity contribution is 5.87. The SMILES string of the molecule is O=C(OCc1ccccc1)N1CCCC1C1=NCCO1. The Labute approximate surface area is 118 Å². The number of carbonyl (C=O) groups is 1. The Morgan fingerprint density at radius 2 is 2.25 bits per heavy atom. The molecular formula is C15H18N2O3. The summed E-state index contributed by atoms with van der Waals surface area (Å²) in [4.78, 5) is 18.2. The van der Waals surface area contributed by atoms with Crippen LogP contribution in [0.4, 0.5) is 4.79 Å². The normalized spacial score (nSPS) is 21.5. The molecule has 106 valence electrons. The summed E-state index contributed by atoms with van der Waals surface area (Å²) in [7, 11) is 0. The molecule has 0 aromatic heterocycles. The van der Waals surface area contributed by atoms with Crippen molar-refractivity contribution in [3.8, 4) is 0 Å². The Bertz CT molecular complexity index is 501. The lowest BCUT2D eigenvalue weighted by molar-refractivity contribution is 0.0967. The van der Waals surface area contributed by atoms with Crippen molar-refractivity contribution in [1.82, 2.24) is 4.90 Å². The van der Waals surface area contributed by atoms with Gasteiger partial charge in [0.2, 0.25) is 5.90 Å². The van der Waals surface area contributed by atoms with Crippen LogP contribution >= 0.6 is 0 Å². The molecule has 2 aliphatic rings. The molecule has 20 heavy (non-hydrogen) atoms. The summed E-state index contributed by atoms with van der Waals surface area (Å²) in [5.41, 5.74) is 0.992. The third-order valence-corrected chi connectivity index (χ3v) is 3.59. The van der Waals surface area contributed by atoms with E-state index in [1.165, 1.54) is 0 Å². The molecule has 1 aromatic carbocycles. The van der Waals surface area contributed by atoms with Gasteiger partial charge in [0.25, 0.3) is 0 Å². The summed E-state index contributed by atoms with van der Waals surface area (Å²) in [6, 6.07) is 9.65. The second kappa shape index (κ2) is 5.94. The van der Waals surface area contributed by atoms with Gasteiger partial charge in [-0.05, 0) is 18.4 Å². The van der Waals surface area contributed by atoms with E-state index in [-0.39, 0.29) is 12.1 Å². The monoisotopic (exact) mass is 274 g/mol. The van der Waals surface area contributed by atoms with E-state index in [1.807, 2.05) is 30.3 Å². The number of benzene rings is 1. The van der Waals surface area contributed by atoms with Gasteiger partial charge in [0.15, 0.2) is 0 Å². The predicted molar refractivity (Wildman–Crippen MR) is 74.6 cm³/mol. The quantitative estimate of drug-likeness (QED) is 0.849. The number of likely N-dealkylation sites (tertiary alicyclic amines) is 1. The van der Waals surface area contributed by atoms with Gasteiger partial charge in [0, 0.05) is 6.54 Å². The molecule has 1 fully saturated rings. The van der Waals surface area contributed by atoms with E-state index in [4.69, 9.17) is 9.47 Å². The summed E-state index contributed by atoms with van der Waals surface area (Å²) in [5, 5.41) is 0. The van der Waals surface area contributed by atoms with Crippen molar-refractivity contribution >= 4 is 12.0 Å². The fourth-order valence-corrected chi connectivity index (χ4v) is 2.60. The molecule has 1 unspecified atom stereocenters. The molecule has 0 saturated carbocycles. The topological polar surface area (TPSA) is 51.1 Å². The second-order valence-corrected chi connectivity index (χ2v) is 4.96. The van der Waals surface area contributed by atoms with E-state index in [2.05, 4.69) is 4.99 Å². The summed E-state index contributed by atoms with van der Waals surface area (Å²) >= 11 is 0. The van der Waals surface area contributed by atoms with Gasteiger partial charge in [-0.15, -0.1) is 0 Å². The van der Waals surface area contributed by atoms with E-state index >= 15 is 0 Å². The molecule has 0 aliphatic carbocycles. The molecule has 2 heterocycles. The highest BCUT2D eigenvalue weighted by Gasteiger charge is 2.35. The molecule has 1 atom stereocenters. The fourth-order valence-electron chi connectivity index (χ4n) is 2.60. The number of carbonyl (C=O) groups excluding carboxylic acids is 1. The van der Waals surface area contributed by atoms with Crippen LogP contribution in [0.3, 0.4) is 0 Å². The van der Waals surface area contributed by atoms with Crippen molar-refractivity contribution in [1.29, 1.82) is 0 Å². The first-order valence-corrected chi connectivity index (χ1v) is 6.99. The van der Waals surface area contributed by atoms with Crippen LogP contribution in [-0.2, 0) is 16.1 Å². The molecule has 0 radical (unpaired) electrons. The van der Waals surface area contributed by atoms with Crippen LogP contribution in [0.1, 0.15) is 18.4 Å². The average Bonchev–Trinajstić information content (AvgIpc) is 3.15. The minimum Gasteiger partial charge on any atom is -0.478 e. The summed E-state index contributed by atoms with van der Waals surface area (Å²) < 4.78 is 10.9. The molecule has 0 bridgehead atoms. The maximum atomic E-state index is 12.2. The lowest BCUT2D eigenvalue weighted by Crippen LogP contribution is -2.40. The van der Waals surface area contributed by atoms with Gasteiger partial charge in [-0.2, -0.15) is 0 Å². The number of hydrogen-bond donors (Lipinski definition) is 0. The number of aliphatic imine (C=N–C) groups is 1. The van der Waals surface area contributed by atoms with Gasteiger partial charge in [0.1, 0.15) is 19.3 Å². The van der Waals surface area contributed by atoms with Crippen LogP contribution in [-0.4, -0.2) is 42.6 Å². The first-order valence-electron chi connectivity index (χ1n) is 6.99. The predicted octanol–water partition coefficient (Wildman–Crippen LogP) is 2.22. The smallest absolute Gasteiger partial charge is 0.410 e. The van der Waals surface area contributed by atoms with Crippen LogP contribution < -0.4 is 0 Å². The van der Waals surface area contributed by atoms with Crippen LogP contribution in [0.2, 0.25) is 0 Å². The molecule has 0 N–H and O–H groups in total. The molecule has 0 spiro atoms. The van der Waals surface area contributed by atoms with Gasteiger partial charge in [-0.25, -0.2) is 4.79 Å². The summed E-state index contributed by atoms with van der Waals surface area (Å²) in [6.07, 6.45) is 1.58. The second-order valence-electron chi connectivity index (χ2n) is 4.96. The Kier molecular flexibility index (Phi) is 3.85. The first kappa shape index (κ1) is 13.0. The molecule has 5 nitrogen and oxygen atoms in total. The number of hydrogen-bond acceptors (Lipinski definition) is 4. The highest BCUT2D eigenvalue weighted by atomic mass is 16.6. The van der Waals surface area contributed by atoms with Crippen molar-refractivity contribution in [2.45, 2.75) is 25.5 Å². The minimum absolute atomic E-state index is 0.0410. The molecule has 3 rings (SSSR count). The number of nitrogens with zero attached hydrogens (tertiary/aromatic N) is 2. The molecular weight excluding hydrogens is 256 g/mol. The molecule has 5 heteroatoms. The van der Waals surface area contributed by atoms with Gasteiger partial charge in [0.05, 0.1) is 6.54 Å². The maximum Gasteiger partial charge on any atom is 0.410 e. The van der Waals surface area contributed by atoms with E-state index in [0.29, 0.717) is 32.2 Å². The van der Waals surface area contributed by atoms with E-state index < -0.39 is 0 Å². The summed E-state index contributed by atoms with van der Waals surface area (Å²) in [5.74, 6) is 0.694. The van der Waals surface area contributed by atoms with Crippen LogP contribution in [0.5, 0.6) is 0 Å². The lowest BCUT2D eigenvalue weighted by Gasteiger charge is -2.23. The average molecular weight is 274 g/mol. The van der Waals surface area contributed by atoms with Crippen molar-refractivity contribution in [3.63, 3.8) is 0 Å². The van der Waals surface area contributed by atoms with Gasteiger partial charge < -0.3 is 9.47 Å². The van der Waals surface area contributed by atoms with Crippen LogP contribution in [0, 0.1) is 0 Å². The lowest BCUT2D eigenvalue weighted by atomic mass is 10.2. The Morgan fingerprint density at radius 3 is 3.00 bits per heavy atom. The standard InChI is InChI=1S/C15H18N2O3/c18-15(20-11-12-5-2-1-3-6-12)17-9-4-7-13(17)14-16-8-10-19-14/h1-3,5-6,13H,4,7-11H2. The molecule has 1 amide bonds. The van der Waals surface area contributed by atoms with Gasteiger partial charge in [-0.3, -0.25) is 9.89 Å². The maximum absolute atomic E-state index is 12.2. The molecule has 1 saturated heterocycles. The third-order valence-electron chi connectivity index (χ3n) is 3.59. The van der Waals surface area contributed by atoms with E-state index in [0.717, 1.165) is 18.4 Å². The van der Waals surface area contributed by atoms with Crippen molar-refractivity contribution in [2.75, 3.05) is 19.7 Å². The van der Waals surface area contributed by atoms with E-state index in [9.17, 15) is 4.79 Å². The zero-order valence-electron chi connectivity index (χ0n) is 11.3. The Balaban J connectivity index is 1.58. The Hall–Kier alpha value is -2.04. The molecule has 2 aliphatic heterocycles. The number of rotatable bonds is 3. The number of ether oxygens (including phenoxy) is 2. The summed E-state index contributed by atoms with van der Waals surface area (Å²) in [6.45, 7) is 2.33. The third kappa shape index (κ3) is 2.76. The van der Waals surface area contributed by atoms with Crippen molar-refractivity contribution in [2.24, 2.45) is 4.99 Å². The largest absolute Gasteiger partial charge is 0.478 e. The van der Waals surface area contributed by atoms with Crippen LogP contribution in [0.15, 0.2) is 35.3 Å². The zero-order valence-corrected chi connectivity index (χ0v) is 11.3. The van der Waals surface area contributed by atoms with Crippen LogP contribution in [0.25, 0.3) is 0 Å². The Morgan fingerprint density at radius 1 is 1.40 bits per heavy atom. The van der Waals surface area contributed by atoms with Crippen molar-refractivity contribution in [3.05, 3.63) is 35.9 Å². The van der Waals surface area contributed by atoms with Gasteiger partial charge in [-0.1, -0.05) is 30.3 Å².